The molecule has 0 spiro atoms. The fraction of sp³-hybridized carbons (Fsp3) is 0.778. The first kappa shape index (κ1) is 12.9. The second-order valence-corrected chi connectivity index (χ2v) is 5.73. The van der Waals surface area contributed by atoms with Gasteiger partial charge in [0.15, 0.2) is 0 Å². The van der Waals surface area contributed by atoms with Gasteiger partial charge in [-0.2, -0.15) is 9.57 Å². The fourth-order valence-corrected chi connectivity index (χ4v) is 3.35. The molecule has 1 N–H and O–H groups in total. The average Bonchev–Trinajstić information content (AvgIpc) is 2.26. The highest BCUT2D eigenvalue weighted by Crippen LogP contribution is 2.21. The van der Waals surface area contributed by atoms with Crippen molar-refractivity contribution in [2.75, 3.05) is 12.3 Å². The van der Waals surface area contributed by atoms with Gasteiger partial charge in [0.1, 0.15) is 6.04 Å². The Morgan fingerprint density at radius 2 is 2.19 bits per heavy atom. The summed E-state index contributed by atoms with van der Waals surface area (Å²) in [5.41, 5.74) is 0. The molecule has 1 atom stereocenters. The van der Waals surface area contributed by atoms with Gasteiger partial charge in [-0.25, -0.2) is 8.42 Å². The van der Waals surface area contributed by atoms with E-state index in [0.29, 0.717) is 12.8 Å². The zero-order valence-corrected chi connectivity index (χ0v) is 9.61. The first-order valence-corrected chi connectivity index (χ1v) is 6.69. The van der Waals surface area contributed by atoms with E-state index in [4.69, 9.17) is 10.4 Å². The average molecular weight is 246 g/mol. The fourth-order valence-electron chi connectivity index (χ4n) is 1.78. The molecule has 1 saturated heterocycles. The number of hydrogen-bond acceptors (Lipinski definition) is 4. The van der Waals surface area contributed by atoms with Crippen molar-refractivity contribution < 1.29 is 18.3 Å². The Kier molecular flexibility index (Phi) is 4.26. The number of hydrogen-bond donors (Lipinski definition) is 1. The summed E-state index contributed by atoms with van der Waals surface area (Å²) in [6.07, 6.45) is 1.64. The van der Waals surface area contributed by atoms with E-state index in [9.17, 15) is 13.2 Å². The molecule has 7 heteroatoms. The first-order chi connectivity index (χ1) is 7.49. The number of aliphatic carboxylic acids is 1. The summed E-state index contributed by atoms with van der Waals surface area (Å²) in [6, 6.07) is 0.793. The number of sulfonamides is 1. The molecule has 6 nitrogen and oxygen atoms in total. The predicted octanol–water partition coefficient (Wildman–Crippen LogP) is 0.169. The summed E-state index contributed by atoms with van der Waals surface area (Å²) in [4.78, 5) is 10.9. The molecule has 0 bridgehead atoms. The molecule has 0 aliphatic carbocycles. The SMILES string of the molecule is N#CCCS(=O)(=O)N1CCCCC1C(=O)O. The summed E-state index contributed by atoms with van der Waals surface area (Å²) in [7, 11) is -3.61. The second kappa shape index (κ2) is 5.27. The third kappa shape index (κ3) is 2.93. The van der Waals surface area contributed by atoms with Gasteiger partial charge in [-0.3, -0.25) is 4.79 Å². The van der Waals surface area contributed by atoms with Crippen molar-refractivity contribution in [2.24, 2.45) is 0 Å². The van der Waals surface area contributed by atoms with Crippen molar-refractivity contribution in [3.05, 3.63) is 0 Å². The molecule has 0 saturated carbocycles. The van der Waals surface area contributed by atoms with Gasteiger partial charge < -0.3 is 5.11 Å². The number of carboxylic acids is 1. The molecule has 1 aliphatic heterocycles. The number of carbonyl (C=O) groups is 1. The molecule has 1 fully saturated rings. The summed E-state index contributed by atoms with van der Waals surface area (Å²) in [5, 5.41) is 17.3. The van der Waals surface area contributed by atoms with Crippen LogP contribution in [0.2, 0.25) is 0 Å². The Morgan fingerprint density at radius 3 is 2.75 bits per heavy atom. The molecular formula is C9H14N2O4S. The molecular weight excluding hydrogens is 232 g/mol. The largest absolute Gasteiger partial charge is 0.480 e. The van der Waals surface area contributed by atoms with Crippen LogP contribution in [0.4, 0.5) is 0 Å². The van der Waals surface area contributed by atoms with Gasteiger partial charge in [-0.1, -0.05) is 0 Å². The maximum absolute atomic E-state index is 11.8. The minimum atomic E-state index is -3.61. The Labute approximate surface area is 94.5 Å². The molecule has 0 aromatic heterocycles. The number of piperidine rings is 1. The Morgan fingerprint density at radius 1 is 1.50 bits per heavy atom. The predicted molar refractivity (Wildman–Crippen MR) is 56.0 cm³/mol. The van der Waals surface area contributed by atoms with Crippen LogP contribution in [0.3, 0.4) is 0 Å². The topological polar surface area (TPSA) is 98.5 Å². The van der Waals surface area contributed by atoms with Crippen molar-refractivity contribution in [1.29, 1.82) is 5.26 Å². The lowest BCUT2D eigenvalue weighted by Crippen LogP contribution is -2.48. The van der Waals surface area contributed by atoms with Crippen LogP contribution in [0.15, 0.2) is 0 Å². The van der Waals surface area contributed by atoms with Crippen molar-refractivity contribution in [2.45, 2.75) is 31.7 Å². The van der Waals surface area contributed by atoms with E-state index >= 15 is 0 Å². The highest BCUT2D eigenvalue weighted by atomic mass is 32.2. The molecule has 1 rings (SSSR count). The maximum atomic E-state index is 11.8. The third-order valence-electron chi connectivity index (χ3n) is 2.57. The van der Waals surface area contributed by atoms with E-state index in [-0.39, 0.29) is 18.7 Å². The highest BCUT2D eigenvalue weighted by Gasteiger charge is 2.36. The summed E-state index contributed by atoms with van der Waals surface area (Å²) < 4.78 is 24.6. The Hall–Kier alpha value is -1.13. The van der Waals surface area contributed by atoms with Gasteiger partial charge in [0.2, 0.25) is 10.0 Å². The molecule has 1 unspecified atom stereocenters. The number of nitrogens with zero attached hydrogens (tertiary/aromatic N) is 2. The van der Waals surface area contributed by atoms with Gasteiger partial charge >= 0.3 is 5.97 Å². The van der Waals surface area contributed by atoms with Crippen LogP contribution in [0.25, 0.3) is 0 Å². The lowest BCUT2D eigenvalue weighted by atomic mass is 10.1. The molecule has 1 aliphatic rings. The van der Waals surface area contributed by atoms with Gasteiger partial charge in [0, 0.05) is 6.54 Å². The molecule has 16 heavy (non-hydrogen) atoms. The zero-order chi connectivity index (χ0) is 12.2. The lowest BCUT2D eigenvalue weighted by molar-refractivity contribution is -0.142. The number of carboxylic acid groups (broad SMARTS) is 1. The monoisotopic (exact) mass is 246 g/mol. The summed E-state index contributed by atoms with van der Waals surface area (Å²) >= 11 is 0. The van der Waals surface area contributed by atoms with Gasteiger partial charge in [0.25, 0.3) is 0 Å². The van der Waals surface area contributed by atoms with Crippen LogP contribution in [0.1, 0.15) is 25.7 Å². The molecule has 90 valence electrons. The lowest BCUT2D eigenvalue weighted by Gasteiger charge is -2.31. The smallest absolute Gasteiger partial charge is 0.322 e. The van der Waals surface area contributed by atoms with E-state index in [1.807, 2.05) is 0 Å². The van der Waals surface area contributed by atoms with Crippen LogP contribution >= 0.6 is 0 Å². The van der Waals surface area contributed by atoms with Gasteiger partial charge in [-0.15, -0.1) is 0 Å². The second-order valence-electron chi connectivity index (χ2n) is 3.68. The van der Waals surface area contributed by atoms with Crippen molar-refractivity contribution in [1.82, 2.24) is 4.31 Å². The van der Waals surface area contributed by atoms with Crippen LogP contribution in [0.5, 0.6) is 0 Å². The summed E-state index contributed by atoms with van der Waals surface area (Å²) in [5.74, 6) is -1.41. The van der Waals surface area contributed by atoms with Crippen molar-refractivity contribution >= 4 is 16.0 Å². The van der Waals surface area contributed by atoms with E-state index in [0.717, 1.165) is 10.7 Å². The molecule has 1 heterocycles. The van der Waals surface area contributed by atoms with E-state index < -0.39 is 22.0 Å². The first-order valence-electron chi connectivity index (χ1n) is 5.08. The third-order valence-corrected chi connectivity index (χ3v) is 4.44. The quantitative estimate of drug-likeness (QED) is 0.762. The van der Waals surface area contributed by atoms with Crippen LogP contribution in [-0.2, 0) is 14.8 Å². The molecule has 0 amide bonds. The molecule has 0 aromatic carbocycles. The molecule has 0 radical (unpaired) electrons. The standard InChI is InChI=1S/C9H14N2O4S/c10-5-3-7-16(14,15)11-6-2-1-4-8(11)9(12)13/h8H,1-4,6-7H2,(H,12,13). The normalized spacial score (nSPS) is 22.6. The van der Waals surface area contributed by atoms with E-state index in [1.165, 1.54) is 0 Å². The van der Waals surface area contributed by atoms with Gasteiger partial charge in [0.05, 0.1) is 18.2 Å². The maximum Gasteiger partial charge on any atom is 0.322 e. The highest BCUT2D eigenvalue weighted by molar-refractivity contribution is 7.89. The van der Waals surface area contributed by atoms with Crippen molar-refractivity contribution in [3.8, 4) is 6.07 Å². The van der Waals surface area contributed by atoms with Crippen LogP contribution < -0.4 is 0 Å². The summed E-state index contributed by atoms with van der Waals surface area (Å²) in [6.45, 7) is 0.241. The van der Waals surface area contributed by atoms with Crippen LogP contribution in [-0.4, -0.2) is 42.1 Å². The minimum absolute atomic E-state index is 0.106. The number of rotatable bonds is 4. The number of nitriles is 1. The van der Waals surface area contributed by atoms with Crippen molar-refractivity contribution in [3.63, 3.8) is 0 Å². The van der Waals surface area contributed by atoms with E-state index in [1.54, 1.807) is 6.07 Å². The van der Waals surface area contributed by atoms with Gasteiger partial charge in [-0.05, 0) is 19.3 Å². The Bertz CT molecular complexity index is 398. The minimum Gasteiger partial charge on any atom is -0.480 e. The molecule has 0 aromatic rings. The van der Waals surface area contributed by atoms with Crippen LogP contribution in [0, 0.1) is 11.3 Å². The Balaban J connectivity index is 2.83. The zero-order valence-electron chi connectivity index (χ0n) is 8.79. The van der Waals surface area contributed by atoms with E-state index in [2.05, 4.69) is 0 Å².